The summed E-state index contributed by atoms with van der Waals surface area (Å²) in [6, 6.07) is -0.726. The Morgan fingerprint density at radius 1 is 1.50 bits per heavy atom. The molecule has 0 spiro atoms. The van der Waals surface area contributed by atoms with Crippen LogP contribution in [-0.4, -0.2) is 42.3 Å². The van der Waals surface area contributed by atoms with E-state index in [1.807, 2.05) is 13.8 Å². The Hall–Kier alpha value is -1.43. The Kier molecular flexibility index (Phi) is 4.84. The van der Waals surface area contributed by atoms with Crippen LogP contribution < -0.4 is 11.1 Å². The molecule has 1 fully saturated rings. The molecule has 3 amide bonds. The van der Waals surface area contributed by atoms with Gasteiger partial charge in [0, 0.05) is 13.6 Å². The fourth-order valence-electron chi connectivity index (χ4n) is 2.04. The SMILES string of the molecule is CC(C)CC(CN)C(=O)NC1CC(=O)N(C)C1=O. The zero-order valence-corrected chi connectivity index (χ0v) is 11.1. The number of hydrogen-bond donors (Lipinski definition) is 2. The average Bonchev–Trinajstić information content (AvgIpc) is 2.53. The number of nitrogens with one attached hydrogen (secondary N) is 1. The molecule has 0 saturated carbocycles. The lowest BCUT2D eigenvalue weighted by Crippen LogP contribution is -2.45. The second-order valence-corrected chi connectivity index (χ2v) is 5.12. The van der Waals surface area contributed by atoms with Gasteiger partial charge in [-0.3, -0.25) is 19.3 Å². The summed E-state index contributed by atoms with van der Waals surface area (Å²) in [7, 11) is 1.42. The maximum atomic E-state index is 12.0. The molecule has 6 nitrogen and oxygen atoms in total. The summed E-state index contributed by atoms with van der Waals surface area (Å²) in [6.45, 7) is 4.26. The Morgan fingerprint density at radius 3 is 2.50 bits per heavy atom. The number of likely N-dealkylation sites (tertiary alicyclic amines) is 1. The lowest BCUT2D eigenvalue weighted by molar-refractivity contribution is -0.138. The topological polar surface area (TPSA) is 92.5 Å². The molecule has 1 saturated heterocycles. The predicted octanol–water partition coefficient (Wildman–Crippen LogP) is -0.519. The summed E-state index contributed by atoms with van der Waals surface area (Å²) < 4.78 is 0. The molecule has 0 aromatic carbocycles. The molecule has 0 aliphatic carbocycles. The van der Waals surface area contributed by atoms with E-state index in [0.29, 0.717) is 12.3 Å². The minimum atomic E-state index is -0.726. The molecule has 0 bridgehead atoms. The Balaban J connectivity index is 2.59. The Bertz CT molecular complexity index is 354. The zero-order valence-electron chi connectivity index (χ0n) is 11.1. The molecule has 102 valence electrons. The molecule has 1 aliphatic rings. The average molecular weight is 255 g/mol. The molecule has 1 rings (SSSR count). The van der Waals surface area contributed by atoms with Crippen LogP contribution in [0.2, 0.25) is 0 Å². The van der Waals surface area contributed by atoms with Crippen molar-refractivity contribution in [1.29, 1.82) is 0 Å². The van der Waals surface area contributed by atoms with Gasteiger partial charge in [-0.15, -0.1) is 0 Å². The first kappa shape index (κ1) is 14.6. The van der Waals surface area contributed by atoms with Gasteiger partial charge in [-0.25, -0.2) is 0 Å². The number of carbonyl (C=O) groups excluding carboxylic acids is 3. The quantitative estimate of drug-likeness (QED) is 0.647. The van der Waals surface area contributed by atoms with E-state index in [-0.39, 0.29) is 36.6 Å². The van der Waals surface area contributed by atoms with Gasteiger partial charge < -0.3 is 11.1 Å². The van der Waals surface area contributed by atoms with Crippen molar-refractivity contribution >= 4 is 17.7 Å². The molecular weight excluding hydrogens is 234 g/mol. The van der Waals surface area contributed by atoms with Crippen molar-refractivity contribution < 1.29 is 14.4 Å². The smallest absolute Gasteiger partial charge is 0.252 e. The van der Waals surface area contributed by atoms with E-state index in [4.69, 9.17) is 5.73 Å². The molecule has 0 radical (unpaired) electrons. The number of likely N-dealkylation sites (N-methyl/N-ethyl adjacent to an activating group) is 1. The van der Waals surface area contributed by atoms with Crippen molar-refractivity contribution in [2.75, 3.05) is 13.6 Å². The highest BCUT2D eigenvalue weighted by Gasteiger charge is 2.37. The highest BCUT2D eigenvalue weighted by Crippen LogP contribution is 2.14. The van der Waals surface area contributed by atoms with Gasteiger partial charge >= 0.3 is 0 Å². The predicted molar refractivity (Wildman–Crippen MR) is 66.3 cm³/mol. The summed E-state index contributed by atoms with van der Waals surface area (Å²) in [4.78, 5) is 36.0. The summed E-state index contributed by atoms with van der Waals surface area (Å²) in [5.41, 5.74) is 5.56. The van der Waals surface area contributed by atoms with Crippen LogP contribution in [0.5, 0.6) is 0 Å². The van der Waals surface area contributed by atoms with E-state index in [2.05, 4.69) is 5.32 Å². The second-order valence-electron chi connectivity index (χ2n) is 5.12. The third-order valence-electron chi connectivity index (χ3n) is 3.11. The Labute approximate surface area is 107 Å². The third-order valence-corrected chi connectivity index (χ3v) is 3.11. The van der Waals surface area contributed by atoms with Gasteiger partial charge in [0.15, 0.2) is 0 Å². The lowest BCUT2D eigenvalue weighted by atomic mass is 9.96. The van der Waals surface area contributed by atoms with Crippen molar-refractivity contribution in [3.63, 3.8) is 0 Å². The van der Waals surface area contributed by atoms with E-state index >= 15 is 0 Å². The summed E-state index contributed by atoms with van der Waals surface area (Å²) in [6.07, 6.45) is 0.715. The summed E-state index contributed by atoms with van der Waals surface area (Å²) >= 11 is 0. The zero-order chi connectivity index (χ0) is 13.9. The van der Waals surface area contributed by atoms with Crippen LogP contribution in [0.1, 0.15) is 26.7 Å². The van der Waals surface area contributed by atoms with E-state index in [0.717, 1.165) is 4.90 Å². The highest BCUT2D eigenvalue weighted by molar-refractivity contribution is 6.06. The fraction of sp³-hybridized carbons (Fsp3) is 0.750. The third kappa shape index (κ3) is 3.29. The first-order valence-electron chi connectivity index (χ1n) is 6.17. The molecule has 0 aromatic heterocycles. The minimum Gasteiger partial charge on any atom is -0.343 e. The molecule has 2 atom stereocenters. The van der Waals surface area contributed by atoms with Crippen molar-refractivity contribution in [2.24, 2.45) is 17.6 Å². The molecule has 1 aliphatic heterocycles. The molecule has 18 heavy (non-hydrogen) atoms. The van der Waals surface area contributed by atoms with Crippen LogP contribution in [0.3, 0.4) is 0 Å². The highest BCUT2D eigenvalue weighted by atomic mass is 16.2. The maximum absolute atomic E-state index is 12.0. The van der Waals surface area contributed by atoms with Crippen LogP contribution in [0.25, 0.3) is 0 Å². The van der Waals surface area contributed by atoms with Crippen molar-refractivity contribution in [2.45, 2.75) is 32.7 Å². The molecule has 2 unspecified atom stereocenters. The van der Waals surface area contributed by atoms with E-state index in [1.54, 1.807) is 0 Å². The van der Waals surface area contributed by atoms with Crippen LogP contribution in [-0.2, 0) is 14.4 Å². The number of nitrogens with two attached hydrogens (primary N) is 1. The van der Waals surface area contributed by atoms with Crippen molar-refractivity contribution in [3.05, 3.63) is 0 Å². The standard InChI is InChI=1S/C12H21N3O3/c1-7(2)4-8(6-13)11(17)14-9-5-10(16)15(3)12(9)18/h7-9H,4-6,13H2,1-3H3,(H,14,17). The van der Waals surface area contributed by atoms with E-state index < -0.39 is 6.04 Å². The van der Waals surface area contributed by atoms with Gasteiger partial charge in [0.1, 0.15) is 6.04 Å². The molecule has 3 N–H and O–H groups in total. The molecular formula is C12H21N3O3. The number of hydrogen-bond acceptors (Lipinski definition) is 4. The fourth-order valence-corrected chi connectivity index (χ4v) is 2.04. The summed E-state index contributed by atoms with van der Waals surface area (Å²) in [5.74, 6) is -0.813. The van der Waals surface area contributed by atoms with Crippen LogP contribution in [0, 0.1) is 11.8 Å². The number of amides is 3. The van der Waals surface area contributed by atoms with Gasteiger partial charge in [0.25, 0.3) is 5.91 Å². The van der Waals surface area contributed by atoms with Gasteiger partial charge in [-0.1, -0.05) is 13.8 Å². The van der Waals surface area contributed by atoms with Crippen LogP contribution in [0.15, 0.2) is 0 Å². The second kappa shape index (κ2) is 5.95. The van der Waals surface area contributed by atoms with Gasteiger partial charge in [-0.05, 0) is 12.3 Å². The monoisotopic (exact) mass is 255 g/mol. The number of carbonyl (C=O) groups is 3. The van der Waals surface area contributed by atoms with Crippen molar-refractivity contribution in [3.8, 4) is 0 Å². The van der Waals surface area contributed by atoms with Crippen molar-refractivity contribution in [1.82, 2.24) is 10.2 Å². The first-order valence-corrected chi connectivity index (χ1v) is 6.17. The lowest BCUT2D eigenvalue weighted by Gasteiger charge is -2.19. The number of imide groups is 1. The largest absolute Gasteiger partial charge is 0.343 e. The number of nitrogens with zero attached hydrogens (tertiary/aromatic N) is 1. The molecule has 1 heterocycles. The molecule has 0 aromatic rings. The molecule has 6 heteroatoms. The number of rotatable bonds is 5. The van der Waals surface area contributed by atoms with Crippen LogP contribution >= 0.6 is 0 Å². The van der Waals surface area contributed by atoms with Gasteiger partial charge in [0.05, 0.1) is 12.3 Å². The minimum absolute atomic E-state index is 0.0417. The Morgan fingerprint density at radius 2 is 2.11 bits per heavy atom. The van der Waals surface area contributed by atoms with Gasteiger partial charge in [-0.2, -0.15) is 0 Å². The van der Waals surface area contributed by atoms with Crippen LogP contribution in [0.4, 0.5) is 0 Å². The van der Waals surface area contributed by atoms with E-state index in [1.165, 1.54) is 7.05 Å². The normalized spacial score (nSPS) is 21.6. The first-order chi connectivity index (χ1) is 8.36. The van der Waals surface area contributed by atoms with E-state index in [9.17, 15) is 14.4 Å². The maximum Gasteiger partial charge on any atom is 0.252 e. The van der Waals surface area contributed by atoms with Gasteiger partial charge in [0.2, 0.25) is 11.8 Å². The summed E-state index contributed by atoms with van der Waals surface area (Å²) in [5, 5.41) is 2.61.